The second kappa shape index (κ2) is 5.02. The molecule has 3 nitrogen and oxygen atoms in total. The van der Waals surface area contributed by atoms with Gasteiger partial charge < -0.3 is 5.73 Å². The summed E-state index contributed by atoms with van der Waals surface area (Å²) in [6, 6.07) is 5.72. The van der Waals surface area contributed by atoms with Crippen LogP contribution in [0.1, 0.15) is 36.8 Å². The summed E-state index contributed by atoms with van der Waals surface area (Å²) >= 11 is 0. The topological polar surface area (TPSA) is 60.2 Å². The van der Waals surface area contributed by atoms with E-state index in [2.05, 4.69) is 0 Å². The molecule has 100 valence electrons. The Hall–Kier alpha value is -0.870. The Labute approximate surface area is 109 Å². The van der Waals surface area contributed by atoms with Crippen LogP contribution >= 0.6 is 0 Å². The number of aryl methyl sites for hydroxylation is 2. The molecular weight excluding hydrogens is 246 g/mol. The molecule has 1 saturated carbocycles. The summed E-state index contributed by atoms with van der Waals surface area (Å²) in [7, 11) is -3.19. The van der Waals surface area contributed by atoms with E-state index in [9.17, 15) is 8.42 Å². The molecule has 1 aliphatic carbocycles. The van der Waals surface area contributed by atoms with Gasteiger partial charge in [0.2, 0.25) is 0 Å². The van der Waals surface area contributed by atoms with Crippen molar-refractivity contribution < 1.29 is 8.42 Å². The number of hydrogen-bond donors (Lipinski definition) is 1. The lowest BCUT2D eigenvalue weighted by Crippen LogP contribution is -2.33. The predicted octanol–water partition coefficient (Wildman–Crippen LogP) is 2.35. The lowest BCUT2D eigenvalue weighted by atomic mass is 9.96. The van der Waals surface area contributed by atoms with Gasteiger partial charge in [-0.2, -0.15) is 0 Å². The second-order valence-electron chi connectivity index (χ2n) is 5.35. The molecule has 1 aliphatic rings. The molecule has 18 heavy (non-hydrogen) atoms. The standard InChI is InChI=1S/C14H21NO2S/c1-10-3-8-14(11(2)9-10)18(16,17)13-6-4-12(15)5-7-13/h3,8-9,12-13H,4-7,15H2,1-2H3. The van der Waals surface area contributed by atoms with Gasteiger partial charge in [0.1, 0.15) is 0 Å². The molecular formula is C14H21NO2S. The fourth-order valence-corrected chi connectivity index (χ4v) is 4.71. The summed E-state index contributed by atoms with van der Waals surface area (Å²) in [5.74, 6) is 0. The Balaban J connectivity index is 2.30. The highest BCUT2D eigenvalue weighted by Crippen LogP contribution is 2.30. The third-order valence-electron chi connectivity index (χ3n) is 3.79. The van der Waals surface area contributed by atoms with Crippen molar-refractivity contribution in [2.24, 2.45) is 5.73 Å². The van der Waals surface area contributed by atoms with Crippen LogP contribution in [0.15, 0.2) is 23.1 Å². The van der Waals surface area contributed by atoms with Crippen LogP contribution in [0.2, 0.25) is 0 Å². The molecule has 0 radical (unpaired) electrons. The molecule has 1 aromatic rings. The van der Waals surface area contributed by atoms with Gasteiger partial charge in [-0.05, 0) is 51.2 Å². The lowest BCUT2D eigenvalue weighted by Gasteiger charge is -2.26. The molecule has 0 bridgehead atoms. The van der Waals surface area contributed by atoms with E-state index in [0.717, 1.165) is 24.0 Å². The van der Waals surface area contributed by atoms with E-state index in [1.165, 1.54) is 0 Å². The van der Waals surface area contributed by atoms with Gasteiger partial charge in [-0.25, -0.2) is 8.42 Å². The highest BCUT2D eigenvalue weighted by atomic mass is 32.2. The first-order valence-electron chi connectivity index (χ1n) is 6.48. The molecule has 0 atom stereocenters. The molecule has 0 unspecified atom stereocenters. The first-order chi connectivity index (χ1) is 8.41. The van der Waals surface area contributed by atoms with Gasteiger partial charge in [-0.15, -0.1) is 0 Å². The SMILES string of the molecule is Cc1ccc(S(=O)(=O)C2CCC(N)CC2)c(C)c1. The monoisotopic (exact) mass is 267 g/mol. The summed E-state index contributed by atoms with van der Waals surface area (Å²) in [6.07, 6.45) is 3.01. The minimum absolute atomic E-state index is 0.176. The van der Waals surface area contributed by atoms with Gasteiger partial charge in [-0.1, -0.05) is 17.7 Å². The van der Waals surface area contributed by atoms with Gasteiger partial charge in [0, 0.05) is 6.04 Å². The number of hydrogen-bond acceptors (Lipinski definition) is 3. The smallest absolute Gasteiger partial charge is 0.181 e. The van der Waals surface area contributed by atoms with E-state index in [-0.39, 0.29) is 11.3 Å². The van der Waals surface area contributed by atoms with E-state index in [1.807, 2.05) is 26.0 Å². The maximum Gasteiger partial charge on any atom is 0.181 e. The maximum absolute atomic E-state index is 12.6. The summed E-state index contributed by atoms with van der Waals surface area (Å²) < 4.78 is 25.2. The van der Waals surface area contributed by atoms with Crippen molar-refractivity contribution in [1.29, 1.82) is 0 Å². The Bertz CT molecular complexity index is 529. The molecule has 2 rings (SSSR count). The summed E-state index contributed by atoms with van der Waals surface area (Å²) in [5.41, 5.74) is 7.78. The molecule has 2 N–H and O–H groups in total. The number of sulfone groups is 1. The zero-order valence-corrected chi connectivity index (χ0v) is 11.8. The molecule has 0 saturated heterocycles. The van der Waals surface area contributed by atoms with E-state index in [0.29, 0.717) is 17.7 Å². The number of nitrogens with two attached hydrogens (primary N) is 1. The molecule has 1 fully saturated rings. The summed E-state index contributed by atoms with van der Waals surface area (Å²) in [5, 5.41) is -0.251. The highest BCUT2D eigenvalue weighted by Gasteiger charge is 2.31. The Morgan fingerprint density at radius 1 is 1.11 bits per heavy atom. The molecule has 0 aliphatic heterocycles. The van der Waals surface area contributed by atoms with Crippen LogP contribution in [0.5, 0.6) is 0 Å². The minimum atomic E-state index is -3.19. The normalized spacial score (nSPS) is 25.1. The molecule has 4 heteroatoms. The zero-order valence-electron chi connectivity index (χ0n) is 11.0. The second-order valence-corrected chi connectivity index (χ2v) is 7.55. The van der Waals surface area contributed by atoms with Crippen LogP contribution < -0.4 is 5.73 Å². The van der Waals surface area contributed by atoms with Crippen molar-refractivity contribution >= 4 is 9.84 Å². The summed E-state index contributed by atoms with van der Waals surface area (Å²) in [6.45, 7) is 3.84. The molecule has 0 spiro atoms. The van der Waals surface area contributed by atoms with Crippen molar-refractivity contribution in [2.45, 2.75) is 55.7 Å². The fourth-order valence-electron chi connectivity index (χ4n) is 2.70. The Morgan fingerprint density at radius 2 is 1.72 bits per heavy atom. The van der Waals surface area contributed by atoms with E-state index in [1.54, 1.807) is 6.07 Å². The van der Waals surface area contributed by atoms with Crippen LogP contribution in [0.4, 0.5) is 0 Å². The molecule has 1 aromatic carbocycles. The average molecular weight is 267 g/mol. The molecule has 0 aromatic heterocycles. The highest BCUT2D eigenvalue weighted by molar-refractivity contribution is 7.92. The van der Waals surface area contributed by atoms with Crippen molar-refractivity contribution in [1.82, 2.24) is 0 Å². The van der Waals surface area contributed by atoms with Gasteiger partial charge in [0.05, 0.1) is 10.1 Å². The largest absolute Gasteiger partial charge is 0.328 e. The first-order valence-corrected chi connectivity index (χ1v) is 8.02. The van der Waals surface area contributed by atoms with Crippen molar-refractivity contribution in [3.63, 3.8) is 0 Å². The summed E-state index contributed by atoms with van der Waals surface area (Å²) in [4.78, 5) is 0.494. The first kappa shape index (κ1) is 13.6. The molecule has 0 heterocycles. The predicted molar refractivity (Wildman–Crippen MR) is 73.3 cm³/mol. The van der Waals surface area contributed by atoms with E-state index in [4.69, 9.17) is 5.73 Å². The van der Waals surface area contributed by atoms with Crippen LogP contribution in [-0.4, -0.2) is 19.7 Å². The van der Waals surface area contributed by atoms with Crippen molar-refractivity contribution in [3.05, 3.63) is 29.3 Å². The van der Waals surface area contributed by atoms with Crippen molar-refractivity contribution in [2.75, 3.05) is 0 Å². The van der Waals surface area contributed by atoms with E-state index < -0.39 is 9.84 Å². The van der Waals surface area contributed by atoms with E-state index >= 15 is 0 Å². The van der Waals surface area contributed by atoms with Gasteiger partial charge in [0.25, 0.3) is 0 Å². The Morgan fingerprint density at radius 3 is 2.28 bits per heavy atom. The number of benzene rings is 1. The third kappa shape index (κ3) is 2.59. The van der Waals surface area contributed by atoms with Crippen LogP contribution in [0.25, 0.3) is 0 Å². The van der Waals surface area contributed by atoms with Crippen LogP contribution in [0, 0.1) is 13.8 Å². The molecule has 0 amide bonds. The van der Waals surface area contributed by atoms with Gasteiger partial charge >= 0.3 is 0 Å². The zero-order chi connectivity index (χ0) is 13.3. The van der Waals surface area contributed by atoms with Crippen molar-refractivity contribution in [3.8, 4) is 0 Å². The van der Waals surface area contributed by atoms with Gasteiger partial charge in [-0.3, -0.25) is 0 Å². The van der Waals surface area contributed by atoms with Crippen LogP contribution in [-0.2, 0) is 9.84 Å². The van der Waals surface area contributed by atoms with Gasteiger partial charge in [0.15, 0.2) is 9.84 Å². The lowest BCUT2D eigenvalue weighted by molar-refractivity contribution is 0.433. The third-order valence-corrected chi connectivity index (χ3v) is 6.21. The average Bonchev–Trinajstić information content (AvgIpc) is 2.29. The fraction of sp³-hybridized carbons (Fsp3) is 0.571. The number of rotatable bonds is 2. The minimum Gasteiger partial charge on any atom is -0.328 e. The quantitative estimate of drug-likeness (QED) is 0.894. The maximum atomic E-state index is 12.6. The Kier molecular flexibility index (Phi) is 3.78. The van der Waals surface area contributed by atoms with Crippen LogP contribution in [0.3, 0.4) is 0 Å².